The van der Waals surface area contributed by atoms with Gasteiger partial charge in [0.25, 0.3) is 0 Å². The van der Waals surface area contributed by atoms with Crippen molar-refractivity contribution in [3.8, 4) is 5.75 Å². The molecule has 0 N–H and O–H groups in total. The smallest absolute Gasteiger partial charge is 0.180 e. The van der Waals surface area contributed by atoms with Gasteiger partial charge in [-0.25, -0.2) is 0 Å². The average molecular weight is 289 g/mol. The van der Waals surface area contributed by atoms with E-state index in [1.165, 1.54) is 25.7 Å². The molecule has 3 nitrogen and oxygen atoms in total. The summed E-state index contributed by atoms with van der Waals surface area (Å²) in [7, 11) is 1.62. The molecule has 0 amide bonds. The highest BCUT2D eigenvalue weighted by molar-refractivity contribution is 6.00. The number of Topliss-reactive ketones (excluding diaryl/α,β-unsaturated/α-hetero) is 1. The molecule has 0 heterocycles. The van der Waals surface area contributed by atoms with Crippen LogP contribution in [0.4, 0.5) is 0 Å². The molecular weight excluding hydrogens is 262 g/mol. The third kappa shape index (κ3) is 4.31. The van der Waals surface area contributed by atoms with Gasteiger partial charge in [-0.05, 0) is 30.9 Å². The highest BCUT2D eigenvalue weighted by atomic mass is 16.5. The lowest BCUT2D eigenvalue weighted by Gasteiger charge is -2.29. The van der Waals surface area contributed by atoms with Gasteiger partial charge < -0.3 is 4.74 Å². The van der Waals surface area contributed by atoms with Gasteiger partial charge in [-0.2, -0.15) is 0 Å². The first kappa shape index (κ1) is 16.0. The van der Waals surface area contributed by atoms with Crippen molar-refractivity contribution in [3.05, 3.63) is 29.8 Å². The van der Waals surface area contributed by atoms with Crippen LogP contribution in [0.15, 0.2) is 24.3 Å². The van der Waals surface area contributed by atoms with E-state index >= 15 is 0 Å². The lowest BCUT2D eigenvalue weighted by molar-refractivity contribution is 0.0873. The Labute approximate surface area is 128 Å². The maximum Gasteiger partial charge on any atom is 0.180 e. The number of rotatable bonds is 7. The van der Waals surface area contributed by atoms with Crippen molar-refractivity contribution >= 4 is 5.78 Å². The molecule has 0 aromatic heterocycles. The number of benzene rings is 1. The molecule has 116 valence electrons. The fraction of sp³-hybridized carbons (Fsp3) is 0.611. The number of ketones is 1. The first-order valence-corrected chi connectivity index (χ1v) is 8.02. The van der Waals surface area contributed by atoms with Crippen molar-refractivity contribution < 1.29 is 9.53 Å². The number of hydrogen-bond donors (Lipinski definition) is 0. The lowest BCUT2D eigenvalue weighted by atomic mass is 10.1. The van der Waals surface area contributed by atoms with Crippen LogP contribution in [0.3, 0.4) is 0 Å². The summed E-state index contributed by atoms with van der Waals surface area (Å²) in [6.45, 7) is 5.93. The topological polar surface area (TPSA) is 29.5 Å². The molecule has 1 fully saturated rings. The molecule has 0 radical (unpaired) electrons. The van der Waals surface area contributed by atoms with E-state index in [4.69, 9.17) is 4.74 Å². The Kier molecular flexibility index (Phi) is 5.80. The van der Waals surface area contributed by atoms with Crippen molar-refractivity contribution in [2.45, 2.75) is 45.6 Å². The van der Waals surface area contributed by atoms with Gasteiger partial charge in [0.15, 0.2) is 5.78 Å². The van der Waals surface area contributed by atoms with Gasteiger partial charge in [-0.3, -0.25) is 9.69 Å². The SMILES string of the molecule is COc1ccccc1C(=O)CN(CC(C)C)C1CCCC1. The Balaban J connectivity index is 2.09. The second kappa shape index (κ2) is 7.60. The van der Waals surface area contributed by atoms with Crippen molar-refractivity contribution in [2.75, 3.05) is 20.2 Å². The summed E-state index contributed by atoms with van der Waals surface area (Å²) in [5.41, 5.74) is 0.701. The van der Waals surface area contributed by atoms with E-state index in [9.17, 15) is 4.79 Å². The first-order chi connectivity index (χ1) is 10.1. The van der Waals surface area contributed by atoms with Crippen molar-refractivity contribution in [1.82, 2.24) is 4.90 Å². The van der Waals surface area contributed by atoms with E-state index in [0.29, 0.717) is 29.8 Å². The molecule has 0 bridgehead atoms. The summed E-state index contributed by atoms with van der Waals surface area (Å²) < 4.78 is 5.32. The number of carbonyl (C=O) groups excluding carboxylic acids is 1. The van der Waals surface area contributed by atoms with Crippen molar-refractivity contribution in [1.29, 1.82) is 0 Å². The Hall–Kier alpha value is -1.35. The van der Waals surface area contributed by atoms with Crippen molar-refractivity contribution in [2.24, 2.45) is 5.92 Å². The molecule has 2 rings (SSSR count). The van der Waals surface area contributed by atoms with Gasteiger partial charge in [-0.1, -0.05) is 38.8 Å². The summed E-state index contributed by atoms with van der Waals surface area (Å²) in [5.74, 6) is 1.43. The van der Waals surface area contributed by atoms with Crippen LogP contribution in [0.1, 0.15) is 49.9 Å². The van der Waals surface area contributed by atoms with Crippen LogP contribution in [0, 0.1) is 5.92 Å². The predicted octanol–water partition coefficient (Wildman–Crippen LogP) is 3.78. The van der Waals surface area contributed by atoms with E-state index in [0.717, 1.165) is 6.54 Å². The van der Waals surface area contributed by atoms with Gasteiger partial charge in [0.1, 0.15) is 5.75 Å². The fourth-order valence-electron chi connectivity index (χ4n) is 3.23. The van der Waals surface area contributed by atoms with Crippen molar-refractivity contribution in [3.63, 3.8) is 0 Å². The number of hydrogen-bond acceptors (Lipinski definition) is 3. The zero-order valence-electron chi connectivity index (χ0n) is 13.5. The summed E-state index contributed by atoms with van der Waals surface area (Å²) in [6.07, 6.45) is 5.04. The summed E-state index contributed by atoms with van der Waals surface area (Å²) in [4.78, 5) is 15.0. The van der Waals surface area contributed by atoms with E-state index in [-0.39, 0.29) is 5.78 Å². The maximum absolute atomic E-state index is 12.7. The van der Waals surface area contributed by atoms with Crippen LogP contribution >= 0.6 is 0 Å². The number of carbonyl (C=O) groups is 1. The Morgan fingerprint density at radius 3 is 2.57 bits per heavy atom. The van der Waals surface area contributed by atoms with Crippen LogP contribution < -0.4 is 4.74 Å². The van der Waals surface area contributed by atoms with Gasteiger partial charge in [0.2, 0.25) is 0 Å². The Bertz CT molecular complexity index is 464. The lowest BCUT2D eigenvalue weighted by Crippen LogP contribution is -2.40. The molecule has 1 saturated carbocycles. The predicted molar refractivity (Wildman–Crippen MR) is 86.0 cm³/mol. The average Bonchev–Trinajstić information content (AvgIpc) is 3.00. The van der Waals surface area contributed by atoms with Gasteiger partial charge >= 0.3 is 0 Å². The minimum atomic E-state index is 0.167. The second-order valence-corrected chi connectivity index (χ2v) is 6.39. The summed E-state index contributed by atoms with van der Waals surface area (Å²) in [5, 5.41) is 0. The standard InChI is InChI=1S/C18H27NO2/c1-14(2)12-19(15-8-4-5-9-15)13-17(20)16-10-6-7-11-18(16)21-3/h6-7,10-11,14-15H,4-5,8-9,12-13H2,1-3H3. The molecule has 1 aromatic rings. The van der Waals surface area contributed by atoms with Gasteiger partial charge in [-0.15, -0.1) is 0 Å². The molecule has 1 aromatic carbocycles. The molecular formula is C18H27NO2. The number of para-hydroxylation sites is 1. The molecule has 0 aliphatic heterocycles. The zero-order chi connectivity index (χ0) is 15.2. The highest BCUT2D eigenvalue weighted by Crippen LogP contribution is 2.25. The monoisotopic (exact) mass is 289 g/mol. The number of methoxy groups -OCH3 is 1. The summed E-state index contributed by atoms with van der Waals surface area (Å²) in [6, 6.07) is 8.10. The Morgan fingerprint density at radius 1 is 1.29 bits per heavy atom. The second-order valence-electron chi connectivity index (χ2n) is 6.39. The molecule has 0 unspecified atom stereocenters. The third-order valence-electron chi connectivity index (χ3n) is 4.19. The van der Waals surface area contributed by atoms with E-state index in [1.54, 1.807) is 7.11 Å². The minimum Gasteiger partial charge on any atom is -0.496 e. The van der Waals surface area contributed by atoms with Crippen LogP contribution in [0.2, 0.25) is 0 Å². The van der Waals surface area contributed by atoms with E-state index in [1.807, 2.05) is 24.3 Å². The number of nitrogens with zero attached hydrogens (tertiary/aromatic N) is 1. The zero-order valence-corrected chi connectivity index (χ0v) is 13.5. The largest absolute Gasteiger partial charge is 0.496 e. The van der Waals surface area contributed by atoms with Crippen LogP contribution in [-0.4, -0.2) is 36.9 Å². The van der Waals surface area contributed by atoms with E-state index in [2.05, 4.69) is 18.7 Å². The molecule has 0 spiro atoms. The summed E-state index contributed by atoms with van der Waals surface area (Å²) >= 11 is 0. The molecule has 0 atom stereocenters. The first-order valence-electron chi connectivity index (χ1n) is 8.02. The minimum absolute atomic E-state index is 0.167. The number of ether oxygens (including phenoxy) is 1. The molecule has 0 saturated heterocycles. The Morgan fingerprint density at radius 2 is 1.95 bits per heavy atom. The molecule has 3 heteroatoms. The van der Waals surface area contributed by atoms with E-state index < -0.39 is 0 Å². The van der Waals surface area contributed by atoms with Crippen LogP contribution in [0.5, 0.6) is 5.75 Å². The van der Waals surface area contributed by atoms with Gasteiger partial charge in [0.05, 0.1) is 19.2 Å². The maximum atomic E-state index is 12.7. The van der Waals surface area contributed by atoms with Gasteiger partial charge in [0, 0.05) is 12.6 Å². The highest BCUT2D eigenvalue weighted by Gasteiger charge is 2.26. The molecule has 1 aliphatic carbocycles. The third-order valence-corrected chi connectivity index (χ3v) is 4.19. The molecule has 21 heavy (non-hydrogen) atoms. The quantitative estimate of drug-likeness (QED) is 0.715. The normalized spacial score (nSPS) is 15.9. The van der Waals surface area contributed by atoms with Crippen LogP contribution in [0.25, 0.3) is 0 Å². The molecule has 1 aliphatic rings. The van der Waals surface area contributed by atoms with Crippen LogP contribution in [-0.2, 0) is 0 Å². The fourth-order valence-corrected chi connectivity index (χ4v) is 3.23.